The molecule has 178 valence electrons. The molecule has 35 heavy (non-hydrogen) atoms. The van der Waals surface area contributed by atoms with Crippen LogP contribution in [0, 0.1) is 0 Å². The van der Waals surface area contributed by atoms with Gasteiger partial charge in [0.05, 0.1) is 41.2 Å². The summed E-state index contributed by atoms with van der Waals surface area (Å²) in [7, 11) is 2.69. The lowest BCUT2D eigenvalue weighted by Gasteiger charge is -2.03. The Kier molecular flexibility index (Phi) is 8.41. The van der Waals surface area contributed by atoms with Gasteiger partial charge in [-0.05, 0) is 58.4 Å². The number of halogens is 1. The highest BCUT2D eigenvalue weighted by atomic mass is 79.9. The summed E-state index contributed by atoms with van der Waals surface area (Å²) < 4.78 is 9.92. The van der Waals surface area contributed by atoms with E-state index in [0.29, 0.717) is 38.6 Å². The second kappa shape index (κ2) is 11.7. The average molecular weight is 537 g/mol. The van der Waals surface area contributed by atoms with Crippen molar-refractivity contribution >= 4 is 39.5 Å². The molecule has 2 heterocycles. The quantitative estimate of drug-likeness (QED) is 0.367. The molecule has 0 radical (unpaired) electrons. The molecule has 0 atom stereocenters. The fraction of sp³-hybridized carbons (Fsp3) is 0.0833. The van der Waals surface area contributed by atoms with Crippen LogP contribution in [0.2, 0.25) is 0 Å². The average Bonchev–Trinajstić information content (AvgIpc) is 2.90. The molecule has 0 aliphatic carbocycles. The third-order valence-corrected chi connectivity index (χ3v) is 5.30. The highest BCUT2D eigenvalue weighted by Gasteiger charge is 2.08. The van der Waals surface area contributed by atoms with Gasteiger partial charge in [0.2, 0.25) is 0 Å². The number of hydrogen-bond donors (Lipinski definition) is 2. The Labute approximate surface area is 209 Å². The largest absolute Gasteiger partial charge is 0.465 e. The van der Waals surface area contributed by atoms with Crippen LogP contribution in [0.4, 0.5) is 11.6 Å². The zero-order valence-electron chi connectivity index (χ0n) is 18.8. The molecule has 0 bridgehead atoms. The topological polar surface area (TPSA) is 156 Å². The predicted molar refractivity (Wildman–Crippen MR) is 134 cm³/mol. The number of methoxy groups -OCH3 is 2. The van der Waals surface area contributed by atoms with E-state index in [4.69, 9.17) is 11.5 Å². The van der Waals surface area contributed by atoms with E-state index in [1.165, 1.54) is 14.2 Å². The first-order chi connectivity index (χ1) is 16.8. The van der Waals surface area contributed by atoms with Crippen molar-refractivity contribution in [1.82, 2.24) is 20.4 Å². The van der Waals surface area contributed by atoms with Gasteiger partial charge in [-0.2, -0.15) is 0 Å². The van der Waals surface area contributed by atoms with Gasteiger partial charge in [0.15, 0.2) is 5.82 Å². The Morgan fingerprint density at radius 3 is 1.60 bits per heavy atom. The Balaban J connectivity index is 0.000000196. The number of esters is 2. The lowest BCUT2D eigenvalue weighted by Crippen LogP contribution is -2.00. The van der Waals surface area contributed by atoms with E-state index in [0.717, 1.165) is 11.1 Å². The summed E-state index contributed by atoms with van der Waals surface area (Å²) in [5, 5.41) is 15.5. The second-order valence-corrected chi connectivity index (χ2v) is 7.80. The Morgan fingerprint density at radius 2 is 1.17 bits per heavy atom. The van der Waals surface area contributed by atoms with E-state index in [9.17, 15) is 9.59 Å². The minimum atomic E-state index is -0.369. The zero-order chi connectivity index (χ0) is 25.4. The van der Waals surface area contributed by atoms with Gasteiger partial charge in [-0.1, -0.05) is 24.3 Å². The number of hydrogen-bond acceptors (Lipinski definition) is 10. The van der Waals surface area contributed by atoms with Crippen LogP contribution in [0.25, 0.3) is 22.5 Å². The van der Waals surface area contributed by atoms with Crippen LogP contribution >= 0.6 is 15.9 Å². The van der Waals surface area contributed by atoms with Crippen molar-refractivity contribution in [2.75, 3.05) is 25.7 Å². The van der Waals surface area contributed by atoms with Crippen LogP contribution in [0.5, 0.6) is 0 Å². The van der Waals surface area contributed by atoms with Gasteiger partial charge in [-0.15, -0.1) is 20.4 Å². The molecule has 4 aromatic rings. The van der Waals surface area contributed by atoms with Gasteiger partial charge < -0.3 is 20.9 Å². The maximum absolute atomic E-state index is 11.3. The maximum atomic E-state index is 11.3. The molecule has 0 amide bonds. The first kappa shape index (κ1) is 25.2. The van der Waals surface area contributed by atoms with Crippen molar-refractivity contribution in [1.29, 1.82) is 0 Å². The first-order valence-corrected chi connectivity index (χ1v) is 10.9. The number of carbonyl (C=O) groups excluding carboxylic acids is 2. The van der Waals surface area contributed by atoms with Crippen molar-refractivity contribution in [3.8, 4) is 22.5 Å². The standard InChI is InChI=1S/C12H10BrN3O2.C12H11N3O2/c1-18-12(17)8-4-2-7(3-5-8)10-6-9(13)11(14)16-15-10;1-17-12(16)9-4-2-8(3-5-9)10-6-7-11(13)15-14-10/h2-6H,1H3,(H2,14,16);2-7H,1H3,(H2,13,15). The number of carbonyl (C=O) groups is 2. The van der Waals surface area contributed by atoms with Gasteiger partial charge in [-0.25, -0.2) is 9.59 Å². The SMILES string of the molecule is COC(=O)c1ccc(-c2cc(Br)c(N)nn2)cc1.COC(=O)c1ccc(-c2ccc(N)nn2)cc1. The molecule has 4 rings (SSSR count). The molecule has 2 aromatic carbocycles. The summed E-state index contributed by atoms with van der Waals surface area (Å²) in [5.41, 5.74) is 15.1. The number of benzene rings is 2. The summed E-state index contributed by atoms with van der Waals surface area (Å²) in [6.07, 6.45) is 0. The number of rotatable bonds is 4. The summed E-state index contributed by atoms with van der Waals surface area (Å²) in [4.78, 5) is 22.5. The monoisotopic (exact) mass is 536 g/mol. The molecule has 11 heteroatoms. The van der Waals surface area contributed by atoms with Crippen molar-refractivity contribution in [3.05, 3.63) is 82.3 Å². The molecule has 0 saturated carbocycles. The second-order valence-electron chi connectivity index (χ2n) is 6.94. The van der Waals surface area contributed by atoms with Crippen molar-refractivity contribution < 1.29 is 19.1 Å². The minimum Gasteiger partial charge on any atom is -0.465 e. The van der Waals surface area contributed by atoms with Crippen LogP contribution in [-0.4, -0.2) is 46.6 Å². The Morgan fingerprint density at radius 1 is 0.686 bits per heavy atom. The van der Waals surface area contributed by atoms with Crippen LogP contribution in [0.3, 0.4) is 0 Å². The predicted octanol–water partition coefficient (Wildman–Crippen LogP) is 3.79. The highest BCUT2D eigenvalue weighted by molar-refractivity contribution is 9.10. The van der Waals surface area contributed by atoms with Gasteiger partial charge in [-0.3, -0.25) is 0 Å². The molecular formula is C24H21BrN6O4. The third-order valence-electron chi connectivity index (χ3n) is 4.66. The van der Waals surface area contributed by atoms with E-state index in [-0.39, 0.29) is 11.9 Å². The third kappa shape index (κ3) is 6.58. The van der Waals surface area contributed by atoms with Gasteiger partial charge in [0.1, 0.15) is 5.82 Å². The molecule has 4 N–H and O–H groups in total. The van der Waals surface area contributed by atoms with E-state index in [1.54, 1.807) is 66.7 Å². The van der Waals surface area contributed by atoms with Crippen molar-refractivity contribution in [3.63, 3.8) is 0 Å². The Hall–Kier alpha value is -4.38. The summed E-state index contributed by atoms with van der Waals surface area (Å²) in [6.45, 7) is 0. The number of nitrogens with two attached hydrogens (primary N) is 2. The molecule has 0 saturated heterocycles. The van der Waals surface area contributed by atoms with Gasteiger partial charge >= 0.3 is 11.9 Å². The molecule has 10 nitrogen and oxygen atoms in total. The van der Waals surface area contributed by atoms with E-state index < -0.39 is 0 Å². The number of aromatic nitrogens is 4. The van der Waals surface area contributed by atoms with Crippen molar-refractivity contribution in [2.45, 2.75) is 0 Å². The number of nitrogen functional groups attached to an aromatic ring is 2. The Bertz CT molecular complexity index is 1310. The fourth-order valence-corrected chi connectivity index (χ4v) is 3.10. The molecule has 0 spiro atoms. The van der Waals surface area contributed by atoms with Crippen LogP contribution in [0.1, 0.15) is 20.7 Å². The number of nitrogens with zero attached hydrogens (tertiary/aromatic N) is 4. The smallest absolute Gasteiger partial charge is 0.337 e. The first-order valence-electron chi connectivity index (χ1n) is 10.1. The molecule has 0 fully saturated rings. The molecule has 0 unspecified atom stereocenters. The molecule has 0 aliphatic heterocycles. The van der Waals surface area contributed by atoms with Crippen LogP contribution < -0.4 is 11.5 Å². The summed E-state index contributed by atoms with van der Waals surface area (Å²) in [5.74, 6) is -0.0177. The lowest BCUT2D eigenvalue weighted by molar-refractivity contribution is 0.0592. The minimum absolute atomic E-state index is 0.338. The van der Waals surface area contributed by atoms with Gasteiger partial charge in [0, 0.05) is 11.1 Å². The van der Waals surface area contributed by atoms with Crippen LogP contribution in [-0.2, 0) is 9.47 Å². The molecule has 2 aromatic heterocycles. The van der Waals surface area contributed by atoms with Crippen molar-refractivity contribution in [2.24, 2.45) is 0 Å². The summed E-state index contributed by atoms with van der Waals surface area (Å²) in [6, 6.07) is 19.1. The van der Waals surface area contributed by atoms with E-state index >= 15 is 0 Å². The number of ether oxygens (including phenoxy) is 2. The molecule has 0 aliphatic rings. The maximum Gasteiger partial charge on any atom is 0.337 e. The van der Waals surface area contributed by atoms with Crippen LogP contribution in [0.15, 0.2) is 71.2 Å². The lowest BCUT2D eigenvalue weighted by atomic mass is 10.1. The molecular weight excluding hydrogens is 516 g/mol. The number of anilines is 2. The highest BCUT2D eigenvalue weighted by Crippen LogP contribution is 2.23. The fourth-order valence-electron chi connectivity index (χ4n) is 2.81. The van der Waals surface area contributed by atoms with Gasteiger partial charge in [0.25, 0.3) is 0 Å². The normalized spacial score (nSPS) is 10.0. The van der Waals surface area contributed by atoms with E-state index in [2.05, 4.69) is 45.8 Å². The summed E-state index contributed by atoms with van der Waals surface area (Å²) >= 11 is 3.29. The zero-order valence-corrected chi connectivity index (χ0v) is 20.4. The van der Waals surface area contributed by atoms with E-state index in [1.807, 2.05) is 0 Å².